The van der Waals surface area contributed by atoms with Crippen molar-refractivity contribution >= 4 is 11.0 Å². The van der Waals surface area contributed by atoms with E-state index in [4.69, 9.17) is 0 Å². The number of benzene rings is 2. The van der Waals surface area contributed by atoms with Gasteiger partial charge in [0.1, 0.15) is 0 Å². The molecule has 0 unspecified atom stereocenters. The molecule has 2 aromatic carbocycles. The lowest BCUT2D eigenvalue weighted by Gasteiger charge is -2.10. The van der Waals surface area contributed by atoms with Gasteiger partial charge in [-0.1, -0.05) is 35.9 Å². The number of aromatic amines is 1. The van der Waals surface area contributed by atoms with E-state index in [2.05, 4.69) is 70.0 Å². The smallest absolute Gasteiger partial charge is 0.0931 e. The second kappa shape index (κ2) is 5.19. The fourth-order valence-corrected chi connectivity index (χ4v) is 2.74. The highest BCUT2D eigenvalue weighted by molar-refractivity contribution is 5.75. The Bertz CT molecular complexity index is 913. The summed E-state index contributed by atoms with van der Waals surface area (Å²) < 4.78 is 2.22. The highest BCUT2D eigenvalue weighted by atomic mass is 15.0. The Hall–Kier alpha value is -2.81. The number of hydrogen-bond acceptors (Lipinski definition) is 1. The zero-order valence-corrected chi connectivity index (χ0v) is 12.4. The largest absolute Gasteiger partial charge is 0.345 e. The molecule has 2 heterocycles. The maximum absolute atomic E-state index is 4.33. The van der Waals surface area contributed by atoms with E-state index < -0.39 is 0 Å². The summed E-state index contributed by atoms with van der Waals surface area (Å²) in [7, 11) is 0. The summed E-state index contributed by atoms with van der Waals surface area (Å²) in [6.07, 6.45) is 3.74. The highest BCUT2D eigenvalue weighted by Crippen LogP contribution is 2.22. The van der Waals surface area contributed by atoms with E-state index in [0.717, 1.165) is 17.6 Å². The van der Waals surface area contributed by atoms with Crippen LogP contribution in [0, 0.1) is 13.0 Å². The standard InChI is InChI=1S/C19H16N3/c1-14-4-7-16(8-5-14)19-3-2-10-22(19)12-15-6-9-17-18(11-15)21-13-20-17/h3-11,13H,12H2,1H3,(H,20,21). The van der Waals surface area contributed by atoms with E-state index >= 15 is 0 Å². The van der Waals surface area contributed by atoms with E-state index in [1.807, 2.05) is 12.3 Å². The van der Waals surface area contributed by atoms with Crippen LogP contribution < -0.4 is 0 Å². The Morgan fingerprint density at radius 1 is 1.14 bits per heavy atom. The van der Waals surface area contributed by atoms with Gasteiger partial charge in [-0.05, 0) is 36.2 Å². The Kier molecular flexibility index (Phi) is 3.04. The van der Waals surface area contributed by atoms with Crippen LogP contribution in [0.5, 0.6) is 0 Å². The van der Waals surface area contributed by atoms with Gasteiger partial charge in [-0.15, -0.1) is 0 Å². The first-order valence-corrected chi connectivity index (χ1v) is 7.35. The molecule has 0 aliphatic carbocycles. The van der Waals surface area contributed by atoms with Gasteiger partial charge in [-0.2, -0.15) is 0 Å². The minimum absolute atomic E-state index is 0.815. The summed E-state index contributed by atoms with van der Waals surface area (Å²) in [5.41, 5.74) is 6.98. The molecule has 0 saturated carbocycles. The van der Waals surface area contributed by atoms with Gasteiger partial charge >= 0.3 is 0 Å². The molecule has 22 heavy (non-hydrogen) atoms. The number of fused-ring (bicyclic) bond motifs is 1. The van der Waals surface area contributed by atoms with Crippen LogP contribution in [0.25, 0.3) is 22.3 Å². The number of rotatable bonds is 3. The summed E-state index contributed by atoms with van der Waals surface area (Å²) in [4.78, 5) is 7.45. The van der Waals surface area contributed by atoms with Crippen molar-refractivity contribution in [1.29, 1.82) is 0 Å². The van der Waals surface area contributed by atoms with Gasteiger partial charge < -0.3 is 9.55 Å². The number of H-pyrrole nitrogens is 1. The topological polar surface area (TPSA) is 33.6 Å². The van der Waals surface area contributed by atoms with Crippen molar-refractivity contribution in [3.05, 3.63) is 78.2 Å². The molecule has 2 aromatic heterocycles. The number of aryl methyl sites for hydroxylation is 1. The molecule has 1 radical (unpaired) electrons. The van der Waals surface area contributed by atoms with Crippen LogP contribution in [-0.4, -0.2) is 14.5 Å². The highest BCUT2D eigenvalue weighted by Gasteiger charge is 2.06. The third-order valence-electron chi connectivity index (χ3n) is 3.95. The van der Waals surface area contributed by atoms with Crippen LogP contribution in [0.15, 0.2) is 61.1 Å². The Morgan fingerprint density at radius 2 is 2.00 bits per heavy atom. The van der Waals surface area contributed by atoms with E-state index in [1.54, 1.807) is 6.33 Å². The third-order valence-corrected chi connectivity index (χ3v) is 3.95. The Balaban J connectivity index is 1.68. The van der Waals surface area contributed by atoms with Crippen molar-refractivity contribution in [3.63, 3.8) is 0 Å². The van der Waals surface area contributed by atoms with Crippen LogP contribution in [0.4, 0.5) is 0 Å². The summed E-state index contributed by atoms with van der Waals surface area (Å²) in [5, 5.41) is 0. The van der Waals surface area contributed by atoms with Crippen molar-refractivity contribution in [2.45, 2.75) is 13.5 Å². The van der Waals surface area contributed by atoms with Gasteiger partial charge in [0.05, 0.1) is 17.4 Å². The first-order valence-electron chi connectivity index (χ1n) is 7.35. The van der Waals surface area contributed by atoms with Crippen LogP contribution in [0.2, 0.25) is 0 Å². The van der Waals surface area contributed by atoms with Gasteiger partial charge in [-0.3, -0.25) is 0 Å². The molecule has 0 aliphatic heterocycles. The van der Waals surface area contributed by atoms with Crippen molar-refractivity contribution < 1.29 is 0 Å². The van der Waals surface area contributed by atoms with Crippen LogP contribution in [-0.2, 0) is 6.54 Å². The van der Waals surface area contributed by atoms with Crippen molar-refractivity contribution in [2.24, 2.45) is 0 Å². The Labute approximate surface area is 129 Å². The molecule has 0 aliphatic rings. The van der Waals surface area contributed by atoms with Crippen LogP contribution in [0.3, 0.4) is 0 Å². The Morgan fingerprint density at radius 3 is 2.86 bits per heavy atom. The van der Waals surface area contributed by atoms with E-state index in [1.165, 1.54) is 22.4 Å². The first kappa shape index (κ1) is 12.9. The predicted molar refractivity (Wildman–Crippen MR) is 88.6 cm³/mol. The van der Waals surface area contributed by atoms with Crippen molar-refractivity contribution in [2.75, 3.05) is 0 Å². The molecule has 0 saturated heterocycles. The lowest BCUT2D eigenvalue weighted by atomic mass is 10.1. The van der Waals surface area contributed by atoms with Gasteiger partial charge in [0.25, 0.3) is 0 Å². The summed E-state index contributed by atoms with van der Waals surface area (Å²) in [5.74, 6) is 0. The molecular weight excluding hydrogens is 270 g/mol. The van der Waals surface area contributed by atoms with Gasteiger partial charge in [-0.25, -0.2) is 4.98 Å². The molecule has 0 bridgehead atoms. The van der Waals surface area contributed by atoms with E-state index in [0.29, 0.717) is 0 Å². The molecule has 107 valence electrons. The molecule has 0 atom stereocenters. The number of nitrogens with zero attached hydrogens (tertiary/aromatic N) is 2. The van der Waals surface area contributed by atoms with Crippen LogP contribution in [0.1, 0.15) is 11.1 Å². The minimum Gasteiger partial charge on any atom is -0.345 e. The second-order valence-corrected chi connectivity index (χ2v) is 5.57. The molecule has 0 spiro atoms. The zero-order chi connectivity index (χ0) is 14.9. The molecule has 4 aromatic rings. The average Bonchev–Trinajstić information content (AvgIpc) is 3.17. The first-order chi connectivity index (χ1) is 10.8. The maximum atomic E-state index is 4.33. The average molecular weight is 286 g/mol. The molecule has 3 heteroatoms. The second-order valence-electron chi connectivity index (χ2n) is 5.57. The summed E-state index contributed by atoms with van der Waals surface area (Å²) >= 11 is 0. The van der Waals surface area contributed by atoms with Crippen molar-refractivity contribution in [1.82, 2.24) is 14.5 Å². The quantitative estimate of drug-likeness (QED) is 0.602. The lowest BCUT2D eigenvalue weighted by molar-refractivity contribution is 0.815. The minimum atomic E-state index is 0.815. The molecule has 0 fully saturated rings. The SMILES string of the molecule is Cc1ccc(-c2c[c]cn2Cc2ccc3[nH]cnc3c2)cc1. The van der Waals surface area contributed by atoms with E-state index in [9.17, 15) is 0 Å². The monoisotopic (exact) mass is 286 g/mol. The maximum Gasteiger partial charge on any atom is 0.0931 e. The number of hydrogen-bond donors (Lipinski definition) is 1. The van der Waals surface area contributed by atoms with E-state index in [-0.39, 0.29) is 0 Å². The van der Waals surface area contributed by atoms with Gasteiger partial charge in [0.15, 0.2) is 0 Å². The van der Waals surface area contributed by atoms with Crippen LogP contribution >= 0.6 is 0 Å². The molecule has 4 rings (SSSR count). The zero-order valence-electron chi connectivity index (χ0n) is 12.4. The molecular formula is C19H16N3. The molecule has 3 nitrogen and oxygen atoms in total. The molecule has 0 amide bonds. The third kappa shape index (κ3) is 2.31. The number of nitrogens with one attached hydrogen (secondary N) is 1. The fourth-order valence-electron chi connectivity index (χ4n) is 2.74. The predicted octanol–water partition coefficient (Wildman–Crippen LogP) is 4.19. The number of imidazole rings is 1. The summed E-state index contributed by atoms with van der Waals surface area (Å²) in [6.45, 7) is 2.92. The molecule has 1 N–H and O–H groups in total. The van der Waals surface area contributed by atoms with Gasteiger partial charge in [0.2, 0.25) is 0 Å². The number of aromatic nitrogens is 3. The van der Waals surface area contributed by atoms with Gasteiger partial charge in [0, 0.05) is 24.5 Å². The van der Waals surface area contributed by atoms with Crippen molar-refractivity contribution in [3.8, 4) is 11.3 Å². The lowest BCUT2D eigenvalue weighted by Crippen LogP contribution is -2.00. The normalized spacial score (nSPS) is 11.1. The summed E-state index contributed by atoms with van der Waals surface area (Å²) in [6, 6.07) is 20.2. The fraction of sp³-hybridized carbons (Fsp3) is 0.105.